The van der Waals surface area contributed by atoms with Gasteiger partial charge in [0.15, 0.2) is 5.96 Å². The minimum Gasteiger partial charge on any atom is -0.381 e. The lowest BCUT2D eigenvalue weighted by atomic mass is 9.82. The van der Waals surface area contributed by atoms with Gasteiger partial charge in [-0.2, -0.15) is 5.10 Å². The molecule has 1 fully saturated rings. The van der Waals surface area contributed by atoms with Crippen LogP contribution in [0, 0.1) is 5.41 Å². The molecule has 0 aromatic carbocycles. The maximum absolute atomic E-state index is 14.1. The lowest BCUT2D eigenvalue weighted by Gasteiger charge is -2.33. The van der Waals surface area contributed by atoms with Gasteiger partial charge in [-0.25, -0.2) is 4.39 Å². The van der Waals surface area contributed by atoms with Crippen LogP contribution in [0.25, 0.3) is 0 Å². The first-order valence-corrected chi connectivity index (χ1v) is 7.91. The Morgan fingerprint density at radius 3 is 3.04 bits per heavy atom. The van der Waals surface area contributed by atoms with Gasteiger partial charge in [0, 0.05) is 25.3 Å². The molecule has 4 N–H and O–H groups in total. The third-order valence-electron chi connectivity index (χ3n) is 4.53. The second kappa shape index (κ2) is 6.66. The van der Waals surface area contributed by atoms with E-state index in [1.807, 2.05) is 6.07 Å². The fourth-order valence-electron chi connectivity index (χ4n) is 2.86. The van der Waals surface area contributed by atoms with Gasteiger partial charge in [0.2, 0.25) is 0 Å². The minimum atomic E-state index is -1.13. The molecule has 0 spiro atoms. The van der Waals surface area contributed by atoms with Gasteiger partial charge in [0.1, 0.15) is 12.0 Å². The monoisotopic (exact) mass is 322 g/mol. The maximum atomic E-state index is 14.1. The average molecular weight is 322 g/mol. The van der Waals surface area contributed by atoms with E-state index in [1.165, 1.54) is 0 Å². The van der Waals surface area contributed by atoms with Crippen LogP contribution in [0.5, 0.6) is 0 Å². The minimum absolute atomic E-state index is 0.0622. The van der Waals surface area contributed by atoms with Gasteiger partial charge < -0.3 is 21.1 Å². The number of anilines is 1. The first-order valence-electron chi connectivity index (χ1n) is 7.91. The molecular weight excluding hydrogens is 299 g/mol. The Hall–Kier alpha value is -1.96. The zero-order valence-corrected chi connectivity index (χ0v) is 13.3. The van der Waals surface area contributed by atoms with Crippen LogP contribution in [-0.2, 0) is 4.74 Å². The summed E-state index contributed by atoms with van der Waals surface area (Å²) in [7, 11) is 0. The molecule has 1 aromatic rings. The van der Waals surface area contributed by atoms with Gasteiger partial charge in [-0.05, 0) is 24.3 Å². The van der Waals surface area contributed by atoms with E-state index in [9.17, 15) is 4.39 Å². The number of hydrogen-bond acceptors (Lipinski definition) is 7. The first kappa shape index (κ1) is 15.9. The molecule has 1 saturated heterocycles. The molecule has 1 aromatic heterocycles. The van der Waals surface area contributed by atoms with Gasteiger partial charge >= 0.3 is 0 Å². The summed E-state index contributed by atoms with van der Waals surface area (Å²) in [5.74, 6) is 0.898. The second-order valence-corrected chi connectivity index (χ2v) is 6.51. The molecule has 3 heterocycles. The number of nitrogens with one attached hydrogen (secondary N) is 2. The topological polar surface area (TPSA) is 97.5 Å². The number of nitrogens with two attached hydrogens (primary N) is 1. The van der Waals surface area contributed by atoms with E-state index in [2.05, 4.69) is 32.7 Å². The summed E-state index contributed by atoms with van der Waals surface area (Å²) in [6, 6.07) is 1.28. The van der Waals surface area contributed by atoms with Gasteiger partial charge in [0.05, 0.1) is 18.8 Å². The Bertz CT molecular complexity index is 575. The Balaban J connectivity index is 1.66. The summed E-state index contributed by atoms with van der Waals surface area (Å²) < 4.78 is 19.5. The molecule has 2 unspecified atom stereocenters. The number of aliphatic imine (C=N–C) groups is 1. The predicted molar refractivity (Wildman–Crippen MR) is 85.9 cm³/mol. The summed E-state index contributed by atoms with van der Waals surface area (Å²) in [4.78, 5) is 3.86. The number of aromatic nitrogens is 2. The number of nitrogens with zero attached hydrogens (tertiary/aromatic N) is 3. The van der Waals surface area contributed by atoms with Gasteiger partial charge in [0.25, 0.3) is 0 Å². The molecule has 0 aliphatic carbocycles. The van der Waals surface area contributed by atoms with Crippen LogP contribution in [0.3, 0.4) is 0 Å². The van der Waals surface area contributed by atoms with Gasteiger partial charge in [-0.15, -0.1) is 5.10 Å². The molecule has 2 aliphatic heterocycles. The Morgan fingerprint density at radius 1 is 1.48 bits per heavy atom. The number of alkyl halides is 1. The van der Waals surface area contributed by atoms with E-state index in [0.717, 1.165) is 32.6 Å². The second-order valence-electron chi connectivity index (χ2n) is 6.51. The fourth-order valence-corrected chi connectivity index (χ4v) is 2.86. The van der Waals surface area contributed by atoms with Crippen molar-refractivity contribution in [1.82, 2.24) is 15.5 Å². The van der Waals surface area contributed by atoms with Crippen molar-refractivity contribution in [3.63, 3.8) is 0 Å². The van der Waals surface area contributed by atoms with Crippen molar-refractivity contribution in [3.8, 4) is 0 Å². The Morgan fingerprint density at radius 2 is 2.26 bits per heavy atom. The highest BCUT2D eigenvalue weighted by Gasteiger charge is 2.29. The van der Waals surface area contributed by atoms with Crippen LogP contribution in [0.2, 0.25) is 0 Å². The number of halogens is 1. The molecule has 126 valence electrons. The highest BCUT2D eigenvalue weighted by molar-refractivity contribution is 5.79. The average Bonchev–Trinajstić information content (AvgIpc) is 2.56. The summed E-state index contributed by atoms with van der Waals surface area (Å²) in [5.41, 5.74) is 6.54. The van der Waals surface area contributed by atoms with E-state index in [1.54, 1.807) is 6.20 Å². The third-order valence-corrected chi connectivity index (χ3v) is 4.53. The van der Waals surface area contributed by atoms with E-state index < -0.39 is 12.2 Å². The summed E-state index contributed by atoms with van der Waals surface area (Å²) >= 11 is 0. The smallest absolute Gasteiger partial charge is 0.189 e. The standard InChI is InChI=1S/C15H23FN6O/c1-15(2-4-23-5-3-15)9-19-12-6-10(7-20-22-12)13-11(16)8-18-14(17)21-13/h6-7,11,13H,2-5,8-9H2,1H3,(H,19,22)(H3,17,18,21). The Labute approximate surface area is 134 Å². The molecule has 2 atom stereocenters. The largest absolute Gasteiger partial charge is 0.381 e. The van der Waals surface area contributed by atoms with Crippen LogP contribution < -0.4 is 16.4 Å². The fraction of sp³-hybridized carbons (Fsp3) is 0.667. The van der Waals surface area contributed by atoms with E-state index >= 15 is 0 Å². The molecule has 0 amide bonds. The van der Waals surface area contributed by atoms with Crippen LogP contribution in [0.4, 0.5) is 10.2 Å². The predicted octanol–water partition coefficient (Wildman–Crippen LogP) is 1.00. The number of guanidine groups is 1. The highest BCUT2D eigenvalue weighted by atomic mass is 19.1. The van der Waals surface area contributed by atoms with Gasteiger partial charge in [-0.1, -0.05) is 6.92 Å². The van der Waals surface area contributed by atoms with E-state index in [0.29, 0.717) is 11.4 Å². The van der Waals surface area contributed by atoms with Crippen LogP contribution in [0.1, 0.15) is 31.4 Å². The third kappa shape index (κ3) is 3.87. The number of hydrogen-bond donors (Lipinski definition) is 3. The summed E-state index contributed by atoms with van der Waals surface area (Å²) in [5, 5.41) is 14.3. The summed E-state index contributed by atoms with van der Waals surface area (Å²) in [6.45, 7) is 4.66. The molecule has 2 aliphatic rings. The van der Waals surface area contributed by atoms with E-state index in [4.69, 9.17) is 10.5 Å². The lowest BCUT2D eigenvalue weighted by Crippen LogP contribution is -2.44. The molecule has 8 heteroatoms. The number of ether oxygens (including phenoxy) is 1. The molecule has 0 radical (unpaired) electrons. The van der Waals surface area contributed by atoms with Crippen LogP contribution in [0.15, 0.2) is 17.3 Å². The zero-order chi connectivity index (χ0) is 16.3. The van der Waals surface area contributed by atoms with Crippen molar-refractivity contribution in [2.75, 3.05) is 31.6 Å². The maximum Gasteiger partial charge on any atom is 0.189 e. The Kier molecular flexibility index (Phi) is 4.61. The molecule has 0 saturated carbocycles. The number of rotatable bonds is 4. The molecule has 7 nitrogen and oxygen atoms in total. The van der Waals surface area contributed by atoms with E-state index in [-0.39, 0.29) is 17.9 Å². The normalized spacial score (nSPS) is 27.0. The van der Waals surface area contributed by atoms with Crippen molar-refractivity contribution >= 4 is 11.8 Å². The van der Waals surface area contributed by atoms with Crippen LogP contribution >= 0.6 is 0 Å². The molecule has 23 heavy (non-hydrogen) atoms. The molecule has 0 bridgehead atoms. The van der Waals surface area contributed by atoms with Crippen molar-refractivity contribution < 1.29 is 9.13 Å². The molecule has 3 rings (SSSR count). The summed E-state index contributed by atoms with van der Waals surface area (Å²) in [6.07, 6.45) is 2.45. The van der Waals surface area contributed by atoms with Crippen molar-refractivity contribution in [2.24, 2.45) is 16.1 Å². The lowest BCUT2D eigenvalue weighted by molar-refractivity contribution is 0.0299. The zero-order valence-electron chi connectivity index (χ0n) is 13.3. The van der Waals surface area contributed by atoms with Crippen LogP contribution in [-0.4, -0.2) is 48.6 Å². The highest BCUT2D eigenvalue weighted by Crippen LogP contribution is 2.30. The van der Waals surface area contributed by atoms with Crippen molar-refractivity contribution in [2.45, 2.75) is 32.0 Å². The van der Waals surface area contributed by atoms with Crippen molar-refractivity contribution in [1.29, 1.82) is 0 Å². The SMILES string of the molecule is CC1(CNc2cc(C3NC(N)=NCC3F)cnn2)CCOCC1. The quantitative estimate of drug-likeness (QED) is 0.765. The van der Waals surface area contributed by atoms with Crippen molar-refractivity contribution in [3.05, 3.63) is 17.8 Å². The molecular formula is C15H23FN6O. The van der Waals surface area contributed by atoms with Gasteiger partial charge in [-0.3, -0.25) is 4.99 Å². The first-order chi connectivity index (χ1) is 11.1.